The van der Waals surface area contributed by atoms with E-state index in [-0.39, 0.29) is 16.8 Å². The lowest BCUT2D eigenvalue weighted by atomic mass is 10.1. The van der Waals surface area contributed by atoms with Gasteiger partial charge in [-0.15, -0.1) is 11.3 Å². The Labute approximate surface area is 149 Å². The quantitative estimate of drug-likeness (QED) is 0.730. The van der Waals surface area contributed by atoms with E-state index in [0.29, 0.717) is 16.3 Å². The summed E-state index contributed by atoms with van der Waals surface area (Å²) >= 11 is 1.10. The minimum atomic E-state index is -0.995. The number of thiazole rings is 1. The monoisotopic (exact) mass is 357 g/mol. The molecule has 2 heterocycles. The van der Waals surface area contributed by atoms with Crippen molar-refractivity contribution in [3.63, 3.8) is 0 Å². The van der Waals surface area contributed by atoms with Gasteiger partial charge in [-0.2, -0.15) is 0 Å². The molecule has 0 radical (unpaired) electrons. The minimum Gasteiger partial charge on any atom is -0.477 e. The van der Waals surface area contributed by atoms with Gasteiger partial charge in [-0.1, -0.05) is 18.2 Å². The summed E-state index contributed by atoms with van der Waals surface area (Å²) in [6.07, 6.45) is 1.85. The van der Waals surface area contributed by atoms with Crippen LogP contribution in [0.2, 0.25) is 0 Å². The third-order valence-corrected chi connectivity index (χ3v) is 5.43. The molecule has 3 rings (SSSR count). The lowest BCUT2D eigenvalue weighted by molar-refractivity contribution is 0.0701. The van der Waals surface area contributed by atoms with Crippen LogP contribution in [0.4, 0.5) is 0 Å². The zero-order valence-corrected chi connectivity index (χ0v) is 15.1. The Morgan fingerprint density at radius 2 is 2.08 bits per heavy atom. The molecule has 0 spiro atoms. The van der Waals surface area contributed by atoms with Gasteiger partial charge < -0.3 is 15.0 Å². The summed E-state index contributed by atoms with van der Waals surface area (Å²) in [4.78, 5) is 28.4. The Kier molecular flexibility index (Phi) is 4.59. The molecule has 0 fully saturated rings. The maximum absolute atomic E-state index is 12.7. The van der Waals surface area contributed by atoms with E-state index in [9.17, 15) is 9.59 Å². The van der Waals surface area contributed by atoms with Crippen molar-refractivity contribution < 1.29 is 14.7 Å². The summed E-state index contributed by atoms with van der Waals surface area (Å²) in [5.74, 6) is -1.19. The first-order valence-corrected chi connectivity index (χ1v) is 8.83. The molecule has 1 unspecified atom stereocenters. The molecule has 7 heteroatoms. The molecule has 0 aliphatic rings. The van der Waals surface area contributed by atoms with E-state index < -0.39 is 5.97 Å². The first-order valence-electron chi connectivity index (χ1n) is 8.01. The number of para-hydroxylation sites is 1. The summed E-state index contributed by atoms with van der Waals surface area (Å²) in [6.45, 7) is 6.27. The SMILES string of the molecule is CCn1cc(C(=O)NC(C)c2nc(C)c(C(=O)O)s2)c2ccccc21. The Hall–Kier alpha value is -2.67. The van der Waals surface area contributed by atoms with Crippen LogP contribution in [0.25, 0.3) is 10.9 Å². The Morgan fingerprint density at radius 1 is 1.36 bits per heavy atom. The molecule has 6 nitrogen and oxygen atoms in total. The molecule has 3 aromatic rings. The number of carbonyl (C=O) groups is 2. The zero-order valence-electron chi connectivity index (χ0n) is 14.2. The summed E-state index contributed by atoms with van der Waals surface area (Å²) in [5.41, 5.74) is 2.09. The topological polar surface area (TPSA) is 84.2 Å². The molecule has 2 aromatic heterocycles. The third kappa shape index (κ3) is 3.15. The second-order valence-electron chi connectivity index (χ2n) is 5.81. The largest absolute Gasteiger partial charge is 0.477 e. The van der Waals surface area contributed by atoms with E-state index in [2.05, 4.69) is 10.3 Å². The molecule has 1 aromatic carbocycles. The summed E-state index contributed by atoms with van der Waals surface area (Å²) < 4.78 is 2.03. The number of aromatic nitrogens is 2. The van der Waals surface area contributed by atoms with Crippen LogP contribution < -0.4 is 5.32 Å². The molecule has 0 bridgehead atoms. The molecule has 0 aliphatic carbocycles. The maximum atomic E-state index is 12.7. The number of aryl methyl sites for hydroxylation is 2. The smallest absolute Gasteiger partial charge is 0.347 e. The fraction of sp³-hybridized carbons (Fsp3) is 0.278. The zero-order chi connectivity index (χ0) is 18.1. The first-order chi connectivity index (χ1) is 11.9. The van der Waals surface area contributed by atoms with Gasteiger partial charge in [-0.3, -0.25) is 4.79 Å². The number of benzene rings is 1. The normalized spacial score (nSPS) is 12.3. The fourth-order valence-electron chi connectivity index (χ4n) is 2.83. The molecular weight excluding hydrogens is 338 g/mol. The Morgan fingerprint density at radius 3 is 2.72 bits per heavy atom. The van der Waals surface area contributed by atoms with Gasteiger partial charge in [-0.05, 0) is 26.8 Å². The van der Waals surface area contributed by atoms with Crippen molar-refractivity contribution in [1.82, 2.24) is 14.9 Å². The second-order valence-corrected chi connectivity index (χ2v) is 6.84. The van der Waals surface area contributed by atoms with Crippen LogP contribution in [0, 0.1) is 6.92 Å². The average molecular weight is 357 g/mol. The van der Waals surface area contributed by atoms with Crippen molar-refractivity contribution >= 4 is 34.1 Å². The number of carbonyl (C=O) groups excluding carboxylic acids is 1. The third-order valence-electron chi connectivity index (χ3n) is 4.10. The number of hydrogen-bond donors (Lipinski definition) is 2. The number of amides is 1. The molecule has 1 amide bonds. The van der Waals surface area contributed by atoms with E-state index in [1.54, 1.807) is 13.8 Å². The van der Waals surface area contributed by atoms with Gasteiger partial charge in [-0.25, -0.2) is 9.78 Å². The van der Waals surface area contributed by atoms with Crippen LogP contribution in [0.3, 0.4) is 0 Å². The number of rotatable bonds is 5. The molecule has 130 valence electrons. The molecule has 0 aliphatic heterocycles. The van der Waals surface area contributed by atoms with Gasteiger partial charge in [0.1, 0.15) is 9.88 Å². The summed E-state index contributed by atoms with van der Waals surface area (Å²) in [7, 11) is 0. The Balaban J connectivity index is 1.87. The van der Waals surface area contributed by atoms with E-state index in [0.717, 1.165) is 28.8 Å². The molecule has 2 N–H and O–H groups in total. The highest BCUT2D eigenvalue weighted by Gasteiger charge is 2.21. The van der Waals surface area contributed by atoms with Crippen LogP contribution in [-0.4, -0.2) is 26.5 Å². The number of carboxylic acids is 1. The van der Waals surface area contributed by atoms with Crippen LogP contribution in [0.15, 0.2) is 30.5 Å². The van der Waals surface area contributed by atoms with Crippen molar-refractivity contribution in [2.45, 2.75) is 33.4 Å². The molecule has 0 saturated heterocycles. The average Bonchev–Trinajstić information content (AvgIpc) is 3.15. The number of nitrogens with one attached hydrogen (secondary N) is 1. The van der Waals surface area contributed by atoms with E-state index >= 15 is 0 Å². The summed E-state index contributed by atoms with van der Waals surface area (Å²) in [6, 6.07) is 7.41. The van der Waals surface area contributed by atoms with Gasteiger partial charge in [0.15, 0.2) is 0 Å². The number of nitrogens with zero attached hydrogens (tertiary/aromatic N) is 2. The van der Waals surface area contributed by atoms with Crippen LogP contribution in [0.5, 0.6) is 0 Å². The van der Waals surface area contributed by atoms with Gasteiger partial charge in [0.2, 0.25) is 0 Å². The number of hydrogen-bond acceptors (Lipinski definition) is 4. The fourth-order valence-corrected chi connectivity index (χ4v) is 3.73. The van der Waals surface area contributed by atoms with E-state index in [1.165, 1.54) is 0 Å². The lowest BCUT2D eigenvalue weighted by Crippen LogP contribution is -2.26. The maximum Gasteiger partial charge on any atom is 0.347 e. The van der Waals surface area contributed by atoms with Crippen molar-refractivity contribution in [2.24, 2.45) is 0 Å². The van der Waals surface area contributed by atoms with Gasteiger partial charge in [0, 0.05) is 23.6 Å². The highest BCUT2D eigenvalue weighted by atomic mass is 32.1. The lowest BCUT2D eigenvalue weighted by Gasteiger charge is -2.10. The molecule has 0 saturated carbocycles. The van der Waals surface area contributed by atoms with E-state index in [1.807, 2.05) is 42.0 Å². The summed E-state index contributed by atoms with van der Waals surface area (Å²) in [5, 5.41) is 13.6. The molecule has 25 heavy (non-hydrogen) atoms. The van der Waals surface area contributed by atoms with Crippen molar-refractivity contribution in [2.75, 3.05) is 0 Å². The number of fused-ring (bicyclic) bond motifs is 1. The van der Waals surface area contributed by atoms with Crippen molar-refractivity contribution in [3.8, 4) is 0 Å². The standard InChI is InChI=1S/C18H19N3O3S/c1-4-21-9-13(12-7-5-6-8-14(12)21)16(22)19-11(3)17-20-10(2)15(25-17)18(23)24/h5-9,11H,4H2,1-3H3,(H,19,22)(H,23,24). The number of carboxylic acid groups (broad SMARTS) is 1. The van der Waals surface area contributed by atoms with Crippen LogP contribution >= 0.6 is 11.3 Å². The van der Waals surface area contributed by atoms with Crippen molar-refractivity contribution in [1.29, 1.82) is 0 Å². The van der Waals surface area contributed by atoms with Crippen LogP contribution in [0.1, 0.15) is 50.6 Å². The van der Waals surface area contributed by atoms with Gasteiger partial charge >= 0.3 is 5.97 Å². The highest BCUT2D eigenvalue weighted by Crippen LogP contribution is 2.25. The second kappa shape index (κ2) is 6.68. The highest BCUT2D eigenvalue weighted by molar-refractivity contribution is 7.13. The molecule has 1 atom stereocenters. The number of aromatic carboxylic acids is 1. The predicted molar refractivity (Wildman–Crippen MR) is 97.3 cm³/mol. The minimum absolute atomic E-state index is 0.194. The van der Waals surface area contributed by atoms with Crippen molar-refractivity contribution in [3.05, 3.63) is 51.6 Å². The van der Waals surface area contributed by atoms with Gasteiger partial charge in [0.25, 0.3) is 5.91 Å². The molecular formula is C18H19N3O3S. The van der Waals surface area contributed by atoms with E-state index in [4.69, 9.17) is 5.11 Å². The Bertz CT molecular complexity index is 958. The van der Waals surface area contributed by atoms with Crippen LogP contribution in [-0.2, 0) is 6.54 Å². The predicted octanol–water partition coefficient (Wildman–Crippen LogP) is 3.62. The van der Waals surface area contributed by atoms with Gasteiger partial charge in [0.05, 0.1) is 17.3 Å². The first kappa shape index (κ1) is 17.2.